The number of nitrogens with two attached hydrogens (primary N) is 1. The highest BCUT2D eigenvalue weighted by atomic mass is 79.9. The van der Waals surface area contributed by atoms with Gasteiger partial charge < -0.3 is 10.5 Å². The Kier molecular flexibility index (Phi) is 4.42. The maximum atomic E-state index is 11.8. The number of hydrogen-bond donors (Lipinski definition) is 1. The summed E-state index contributed by atoms with van der Waals surface area (Å²) in [5.41, 5.74) is 6.68. The van der Waals surface area contributed by atoms with E-state index in [0.717, 1.165) is 13.8 Å². The minimum atomic E-state index is -0.380. The Bertz CT molecular complexity index is 583. The molecule has 0 atom stereocenters. The van der Waals surface area contributed by atoms with E-state index in [0.29, 0.717) is 11.3 Å². The smallest absolute Gasteiger partial charge is 0.338 e. The van der Waals surface area contributed by atoms with Gasteiger partial charge in [0.1, 0.15) is 6.61 Å². The molecule has 0 aliphatic carbocycles. The van der Waals surface area contributed by atoms with Gasteiger partial charge in [0.05, 0.1) is 10.4 Å². The van der Waals surface area contributed by atoms with Gasteiger partial charge in [0.25, 0.3) is 0 Å². The molecule has 94 valence electrons. The van der Waals surface area contributed by atoms with Crippen LogP contribution in [0.2, 0.25) is 0 Å². The Morgan fingerprint density at radius 1 is 1.28 bits per heavy atom. The Labute approximate surface area is 125 Å². The zero-order valence-electron chi connectivity index (χ0n) is 9.15. The van der Waals surface area contributed by atoms with Gasteiger partial charge in [-0.2, -0.15) is 0 Å². The standard InChI is InChI=1S/C12H9Br2NO2S/c13-8-2-1-7(5-10(8)15)12(16)17-6-11-9(14)3-4-18-11/h1-5H,6,15H2. The number of esters is 1. The number of benzene rings is 1. The molecule has 2 N–H and O–H groups in total. The van der Waals surface area contributed by atoms with Crippen LogP contribution in [-0.2, 0) is 11.3 Å². The lowest BCUT2D eigenvalue weighted by Gasteiger charge is -2.05. The van der Waals surface area contributed by atoms with E-state index in [9.17, 15) is 4.79 Å². The van der Waals surface area contributed by atoms with Crippen molar-refractivity contribution >= 4 is 54.9 Å². The number of halogens is 2. The number of rotatable bonds is 3. The van der Waals surface area contributed by atoms with E-state index in [4.69, 9.17) is 10.5 Å². The molecule has 0 spiro atoms. The highest BCUT2D eigenvalue weighted by Crippen LogP contribution is 2.24. The first kappa shape index (κ1) is 13.6. The van der Waals surface area contributed by atoms with E-state index in [1.165, 1.54) is 11.3 Å². The Morgan fingerprint density at radius 3 is 2.67 bits per heavy atom. The van der Waals surface area contributed by atoms with Gasteiger partial charge in [0.15, 0.2) is 0 Å². The molecule has 0 bridgehead atoms. The summed E-state index contributed by atoms with van der Waals surface area (Å²) in [5, 5.41) is 1.94. The molecule has 0 aliphatic heterocycles. The number of nitrogen functional groups attached to an aromatic ring is 1. The number of carbonyl (C=O) groups excluding carboxylic acids is 1. The Morgan fingerprint density at radius 2 is 2.06 bits per heavy atom. The molecule has 0 amide bonds. The summed E-state index contributed by atoms with van der Waals surface area (Å²) >= 11 is 8.20. The summed E-state index contributed by atoms with van der Waals surface area (Å²) in [5.74, 6) is -0.380. The van der Waals surface area contributed by atoms with Crippen LogP contribution in [0.25, 0.3) is 0 Å². The highest BCUT2D eigenvalue weighted by molar-refractivity contribution is 9.11. The van der Waals surface area contributed by atoms with Crippen molar-refractivity contribution in [3.05, 3.63) is 49.0 Å². The molecular formula is C12H9Br2NO2S. The molecule has 0 unspecified atom stereocenters. The molecule has 1 heterocycles. The summed E-state index contributed by atoms with van der Waals surface area (Å²) in [6.45, 7) is 0.257. The van der Waals surface area contributed by atoms with Crippen molar-refractivity contribution in [1.82, 2.24) is 0 Å². The van der Waals surface area contributed by atoms with E-state index in [1.54, 1.807) is 18.2 Å². The van der Waals surface area contributed by atoms with Crippen LogP contribution in [0, 0.1) is 0 Å². The van der Waals surface area contributed by atoms with Crippen molar-refractivity contribution < 1.29 is 9.53 Å². The second-order valence-corrected chi connectivity index (χ2v) is 6.21. The van der Waals surface area contributed by atoms with Crippen molar-refractivity contribution in [2.45, 2.75) is 6.61 Å². The molecule has 2 rings (SSSR count). The van der Waals surface area contributed by atoms with Crippen LogP contribution in [0.5, 0.6) is 0 Å². The molecule has 0 saturated heterocycles. The van der Waals surface area contributed by atoms with Crippen molar-refractivity contribution in [3.63, 3.8) is 0 Å². The maximum absolute atomic E-state index is 11.8. The molecule has 2 aromatic rings. The first-order valence-electron chi connectivity index (χ1n) is 5.02. The van der Waals surface area contributed by atoms with Crippen LogP contribution in [-0.4, -0.2) is 5.97 Å². The second kappa shape index (κ2) is 5.86. The van der Waals surface area contributed by atoms with E-state index in [-0.39, 0.29) is 12.6 Å². The third-order valence-corrected chi connectivity index (χ3v) is 4.88. The third-order valence-electron chi connectivity index (χ3n) is 2.26. The lowest BCUT2D eigenvalue weighted by atomic mass is 10.2. The van der Waals surface area contributed by atoms with Crippen LogP contribution in [0.3, 0.4) is 0 Å². The zero-order chi connectivity index (χ0) is 13.1. The highest BCUT2D eigenvalue weighted by Gasteiger charge is 2.10. The monoisotopic (exact) mass is 389 g/mol. The van der Waals surface area contributed by atoms with Gasteiger partial charge in [-0.3, -0.25) is 0 Å². The molecular weight excluding hydrogens is 382 g/mol. The first-order chi connectivity index (χ1) is 8.58. The molecule has 1 aromatic heterocycles. The van der Waals surface area contributed by atoms with Gasteiger partial charge in [-0.05, 0) is 61.5 Å². The molecule has 18 heavy (non-hydrogen) atoms. The van der Waals surface area contributed by atoms with E-state index in [1.807, 2.05) is 11.4 Å². The average Bonchev–Trinajstić information content (AvgIpc) is 2.75. The van der Waals surface area contributed by atoms with Gasteiger partial charge in [-0.1, -0.05) is 0 Å². The quantitative estimate of drug-likeness (QED) is 0.630. The number of anilines is 1. The lowest BCUT2D eigenvalue weighted by molar-refractivity contribution is 0.0476. The minimum Gasteiger partial charge on any atom is -0.456 e. The topological polar surface area (TPSA) is 52.3 Å². The fourth-order valence-corrected chi connectivity index (χ4v) is 2.94. The Balaban J connectivity index is 2.04. The summed E-state index contributed by atoms with van der Waals surface area (Å²) < 4.78 is 6.94. The van der Waals surface area contributed by atoms with Crippen molar-refractivity contribution in [3.8, 4) is 0 Å². The molecule has 0 aliphatic rings. The third kappa shape index (κ3) is 3.13. The van der Waals surface area contributed by atoms with Crippen LogP contribution < -0.4 is 5.73 Å². The van der Waals surface area contributed by atoms with Gasteiger partial charge in [0, 0.05) is 14.6 Å². The summed E-state index contributed by atoms with van der Waals surface area (Å²) in [6, 6.07) is 6.92. The molecule has 1 aromatic carbocycles. The number of ether oxygens (including phenoxy) is 1. The van der Waals surface area contributed by atoms with Crippen LogP contribution >= 0.6 is 43.2 Å². The predicted molar refractivity (Wildman–Crippen MR) is 79.7 cm³/mol. The largest absolute Gasteiger partial charge is 0.456 e. The lowest BCUT2D eigenvalue weighted by Crippen LogP contribution is -2.05. The van der Waals surface area contributed by atoms with Crippen LogP contribution in [0.1, 0.15) is 15.2 Å². The number of hydrogen-bond acceptors (Lipinski definition) is 4. The van der Waals surface area contributed by atoms with Gasteiger partial charge >= 0.3 is 5.97 Å². The van der Waals surface area contributed by atoms with E-state index in [2.05, 4.69) is 31.9 Å². The molecule has 0 saturated carbocycles. The molecule has 0 fully saturated rings. The fourth-order valence-electron chi connectivity index (χ4n) is 1.31. The number of thiophene rings is 1. The minimum absolute atomic E-state index is 0.257. The van der Waals surface area contributed by atoms with Crippen LogP contribution in [0.4, 0.5) is 5.69 Å². The fraction of sp³-hybridized carbons (Fsp3) is 0.0833. The molecule has 0 radical (unpaired) electrons. The van der Waals surface area contributed by atoms with E-state index < -0.39 is 0 Å². The van der Waals surface area contributed by atoms with Gasteiger partial charge in [-0.15, -0.1) is 11.3 Å². The molecule has 6 heteroatoms. The van der Waals surface area contributed by atoms with Crippen molar-refractivity contribution in [2.24, 2.45) is 0 Å². The SMILES string of the molecule is Nc1cc(C(=O)OCc2sccc2Br)ccc1Br. The normalized spacial score (nSPS) is 10.3. The Hall–Kier alpha value is -0.850. The molecule has 3 nitrogen and oxygen atoms in total. The van der Waals surface area contributed by atoms with Crippen molar-refractivity contribution in [1.29, 1.82) is 0 Å². The second-order valence-electron chi connectivity index (χ2n) is 3.50. The summed E-state index contributed by atoms with van der Waals surface area (Å²) in [6.07, 6.45) is 0. The zero-order valence-corrected chi connectivity index (χ0v) is 13.1. The van der Waals surface area contributed by atoms with Crippen molar-refractivity contribution in [2.75, 3.05) is 5.73 Å². The summed E-state index contributed by atoms with van der Waals surface area (Å²) in [7, 11) is 0. The maximum Gasteiger partial charge on any atom is 0.338 e. The van der Waals surface area contributed by atoms with Gasteiger partial charge in [0.2, 0.25) is 0 Å². The van der Waals surface area contributed by atoms with E-state index >= 15 is 0 Å². The van der Waals surface area contributed by atoms with Crippen LogP contribution in [0.15, 0.2) is 38.6 Å². The average molecular weight is 391 g/mol. The number of carbonyl (C=O) groups is 1. The predicted octanol–water partition coefficient (Wildman–Crippen LogP) is 4.21. The van der Waals surface area contributed by atoms with Gasteiger partial charge in [-0.25, -0.2) is 4.79 Å². The first-order valence-corrected chi connectivity index (χ1v) is 7.48. The summed E-state index contributed by atoms with van der Waals surface area (Å²) in [4.78, 5) is 12.8.